The van der Waals surface area contributed by atoms with E-state index in [1.807, 2.05) is 18.2 Å². The molecule has 1 saturated heterocycles. The van der Waals surface area contributed by atoms with Gasteiger partial charge in [-0.3, -0.25) is 24.6 Å². The zero-order chi connectivity index (χ0) is 23.4. The van der Waals surface area contributed by atoms with Crippen LogP contribution in [-0.4, -0.2) is 21.0 Å². The van der Waals surface area contributed by atoms with Gasteiger partial charge in [0.25, 0.3) is 16.8 Å². The lowest BCUT2D eigenvalue weighted by Crippen LogP contribution is -2.27. The Morgan fingerprint density at radius 2 is 1.73 bits per heavy atom. The van der Waals surface area contributed by atoms with Crippen LogP contribution in [0.4, 0.5) is 10.5 Å². The molecule has 0 aliphatic carbocycles. The van der Waals surface area contributed by atoms with Gasteiger partial charge in [0.15, 0.2) is 0 Å². The summed E-state index contributed by atoms with van der Waals surface area (Å²) in [6.07, 6.45) is 1.60. The number of thioether (sulfide) groups is 1. The fourth-order valence-electron chi connectivity index (χ4n) is 3.25. The second kappa shape index (κ2) is 9.89. The Morgan fingerprint density at radius 3 is 2.48 bits per heavy atom. The number of amides is 2. The molecule has 2 amide bonds. The Labute approximate surface area is 198 Å². The minimum absolute atomic E-state index is 0.135. The van der Waals surface area contributed by atoms with Crippen LogP contribution in [0, 0.1) is 10.1 Å². The molecule has 0 atom stereocenters. The van der Waals surface area contributed by atoms with Crippen molar-refractivity contribution in [3.63, 3.8) is 0 Å². The predicted octanol–water partition coefficient (Wildman–Crippen LogP) is 6.06. The first kappa shape index (κ1) is 22.6. The van der Waals surface area contributed by atoms with E-state index >= 15 is 0 Å². The molecule has 0 unspecified atom stereocenters. The molecule has 0 radical (unpaired) electrons. The van der Waals surface area contributed by atoms with Gasteiger partial charge in [-0.05, 0) is 41.6 Å². The van der Waals surface area contributed by atoms with Crippen LogP contribution < -0.4 is 4.74 Å². The summed E-state index contributed by atoms with van der Waals surface area (Å²) in [5.41, 5.74) is 1.69. The number of ether oxygens (including phenoxy) is 1. The molecule has 0 bridgehead atoms. The van der Waals surface area contributed by atoms with Crippen molar-refractivity contribution in [2.24, 2.45) is 0 Å². The largest absolute Gasteiger partial charge is 0.489 e. The monoisotopic (exact) mass is 480 g/mol. The van der Waals surface area contributed by atoms with E-state index in [1.54, 1.807) is 42.5 Å². The third-order valence-corrected chi connectivity index (χ3v) is 6.17. The molecule has 3 aromatic carbocycles. The maximum atomic E-state index is 12.8. The first-order chi connectivity index (χ1) is 15.9. The van der Waals surface area contributed by atoms with E-state index in [0.717, 1.165) is 22.2 Å². The molecule has 33 heavy (non-hydrogen) atoms. The number of benzene rings is 3. The highest BCUT2D eigenvalue weighted by atomic mass is 35.5. The SMILES string of the molecule is O=C1S/C(=C\c2cccc(OCc3ccccc3Cl)c2)C(=O)N1Cc1ccccc1[N+](=O)[O-]. The molecule has 7 nitrogen and oxygen atoms in total. The maximum Gasteiger partial charge on any atom is 0.293 e. The Kier molecular flexibility index (Phi) is 6.76. The van der Waals surface area contributed by atoms with E-state index in [4.69, 9.17) is 16.3 Å². The summed E-state index contributed by atoms with van der Waals surface area (Å²) in [4.78, 5) is 37.2. The summed E-state index contributed by atoms with van der Waals surface area (Å²) in [5.74, 6) is 0.0911. The van der Waals surface area contributed by atoms with E-state index in [0.29, 0.717) is 21.9 Å². The number of halogens is 1. The molecule has 0 N–H and O–H groups in total. The van der Waals surface area contributed by atoms with E-state index in [9.17, 15) is 19.7 Å². The number of nitrogens with zero attached hydrogens (tertiary/aromatic N) is 2. The van der Waals surface area contributed by atoms with E-state index < -0.39 is 16.1 Å². The summed E-state index contributed by atoms with van der Waals surface area (Å²) in [6.45, 7) is 0.121. The molecular formula is C24H17ClN2O5S. The van der Waals surface area contributed by atoms with Gasteiger partial charge in [-0.1, -0.05) is 60.1 Å². The number of para-hydroxylation sites is 1. The summed E-state index contributed by atoms with van der Waals surface area (Å²) >= 11 is 6.96. The van der Waals surface area contributed by atoms with Crippen LogP contribution in [0.1, 0.15) is 16.7 Å². The lowest BCUT2D eigenvalue weighted by atomic mass is 10.1. The number of hydrogen-bond donors (Lipinski definition) is 0. The van der Waals surface area contributed by atoms with Crippen LogP contribution in [0.5, 0.6) is 5.75 Å². The van der Waals surface area contributed by atoms with E-state index in [1.165, 1.54) is 18.2 Å². The van der Waals surface area contributed by atoms with Crippen LogP contribution in [0.15, 0.2) is 77.7 Å². The zero-order valence-corrected chi connectivity index (χ0v) is 18.7. The third-order valence-electron chi connectivity index (χ3n) is 4.90. The number of nitro benzene ring substituents is 1. The molecule has 0 saturated carbocycles. The van der Waals surface area contributed by atoms with Crippen LogP contribution in [-0.2, 0) is 17.9 Å². The number of nitro groups is 1. The van der Waals surface area contributed by atoms with Crippen molar-refractivity contribution in [2.75, 3.05) is 0 Å². The Morgan fingerprint density at radius 1 is 1.00 bits per heavy atom. The van der Waals surface area contributed by atoms with Gasteiger partial charge < -0.3 is 4.74 Å². The lowest BCUT2D eigenvalue weighted by molar-refractivity contribution is -0.385. The number of imide groups is 1. The van der Waals surface area contributed by atoms with Crippen molar-refractivity contribution < 1.29 is 19.2 Å². The van der Waals surface area contributed by atoms with Crippen molar-refractivity contribution in [2.45, 2.75) is 13.2 Å². The second-order valence-corrected chi connectivity index (χ2v) is 8.51. The fraction of sp³-hybridized carbons (Fsp3) is 0.0833. The molecule has 1 heterocycles. The molecule has 3 aromatic rings. The summed E-state index contributed by atoms with van der Waals surface area (Å²) in [7, 11) is 0. The minimum Gasteiger partial charge on any atom is -0.489 e. The number of rotatable bonds is 7. The van der Waals surface area contributed by atoms with Crippen molar-refractivity contribution in [1.82, 2.24) is 4.90 Å². The number of carbonyl (C=O) groups is 2. The van der Waals surface area contributed by atoms with Gasteiger partial charge in [-0.2, -0.15) is 0 Å². The van der Waals surface area contributed by atoms with Crippen molar-refractivity contribution in [3.8, 4) is 5.75 Å². The maximum absolute atomic E-state index is 12.8. The fourth-order valence-corrected chi connectivity index (χ4v) is 4.28. The molecule has 166 valence electrons. The Bertz CT molecular complexity index is 1280. The highest BCUT2D eigenvalue weighted by molar-refractivity contribution is 8.18. The lowest BCUT2D eigenvalue weighted by Gasteiger charge is -2.12. The standard InChI is InChI=1S/C24H17ClN2O5S/c25-20-10-3-1-8-18(20)15-32-19-9-5-6-16(12-19)13-22-23(28)26(24(29)33-22)14-17-7-2-4-11-21(17)27(30)31/h1-13H,14-15H2/b22-13-. The number of carbonyl (C=O) groups excluding carboxylic acids is 2. The van der Waals surface area contributed by atoms with Crippen molar-refractivity contribution in [1.29, 1.82) is 0 Å². The van der Waals surface area contributed by atoms with Crippen LogP contribution in [0.3, 0.4) is 0 Å². The molecule has 0 aromatic heterocycles. The molecule has 1 aliphatic heterocycles. The van der Waals surface area contributed by atoms with Crippen molar-refractivity contribution in [3.05, 3.63) is 110 Å². The summed E-state index contributed by atoms with van der Waals surface area (Å²) in [6, 6.07) is 20.5. The highest BCUT2D eigenvalue weighted by Gasteiger charge is 2.36. The molecule has 9 heteroatoms. The minimum atomic E-state index is -0.529. The average Bonchev–Trinajstić information content (AvgIpc) is 3.06. The topological polar surface area (TPSA) is 89.8 Å². The van der Waals surface area contributed by atoms with Gasteiger partial charge in [0.2, 0.25) is 0 Å². The second-order valence-electron chi connectivity index (χ2n) is 7.11. The third kappa shape index (κ3) is 5.24. The first-order valence-corrected chi connectivity index (χ1v) is 11.1. The van der Waals surface area contributed by atoms with Gasteiger partial charge in [0, 0.05) is 22.2 Å². The number of hydrogen-bond acceptors (Lipinski definition) is 6. The molecule has 0 spiro atoms. The molecular weight excluding hydrogens is 464 g/mol. The Balaban J connectivity index is 1.49. The first-order valence-electron chi connectivity index (χ1n) is 9.86. The van der Waals surface area contributed by atoms with Gasteiger partial charge in [0.1, 0.15) is 12.4 Å². The van der Waals surface area contributed by atoms with Gasteiger partial charge in [-0.25, -0.2) is 0 Å². The van der Waals surface area contributed by atoms with Crippen LogP contribution in [0.25, 0.3) is 6.08 Å². The Hall–Kier alpha value is -3.62. The average molecular weight is 481 g/mol. The van der Waals surface area contributed by atoms with Crippen LogP contribution in [0.2, 0.25) is 5.02 Å². The smallest absolute Gasteiger partial charge is 0.293 e. The molecule has 1 aliphatic rings. The van der Waals surface area contributed by atoms with Gasteiger partial charge >= 0.3 is 0 Å². The van der Waals surface area contributed by atoms with Gasteiger partial charge in [0.05, 0.1) is 16.4 Å². The normalized spacial score (nSPS) is 14.7. The molecule has 4 rings (SSSR count). The van der Waals surface area contributed by atoms with Crippen LogP contribution >= 0.6 is 23.4 Å². The van der Waals surface area contributed by atoms with E-state index in [-0.39, 0.29) is 23.7 Å². The highest BCUT2D eigenvalue weighted by Crippen LogP contribution is 2.34. The zero-order valence-electron chi connectivity index (χ0n) is 17.1. The summed E-state index contributed by atoms with van der Waals surface area (Å²) in [5, 5.41) is 11.4. The van der Waals surface area contributed by atoms with E-state index in [2.05, 4.69) is 0 Å². The predicted molar refractivity (Wildman–Crippen MR) is 127 cm³/mol. The summed E-state index contributed by atoms with van der Waals surface area (Å²) < 4.78 is 5.82. The van der Waals surface area contributed by atoms with Crippen molar-refractivity contribution >= 4 is 46.3 Å². The quantitative estimate of drug-likeness (QED) is 0.232. The van der Waals surface area contributed by atoms with Gasteiger partial charge in [-0.15, -0.1) is 0 Å². The molecule has 1 fully saturated rings.